The van der Waals surface area contributed by atoms with Crippen molar-refractivity contribution in [1.29, 1.82) is 0 Å². The minimum atomic E-state index is -0.351. The summed E-state index contributed by atoms with van der Waals surface area (Å²) in [5.41, 5.74) is 2.33. The number of hydrogen-bond acceptors (Lipinski definition) is 7. The predicted molar refractivity (Wildman–Crippen MR) is 138 cm³/mol. The first-order valence-electron chi connectivity index (χ1n) is 10.8. The maximum absolute atomic E-state index is 13.3. The monoisotopic (exact) mass is 555 g/mol. The first kappa shape index (κ1) is 24.8. The van der Waals surface area contributed by atoms with Gasteiger partial charge in [0.1, 0.15) is 22.7 Å². The normalized spacial score (nSPS) is 11.1. The zero-order chi connectivity index (χ0) is 25.1. The van der Waals surface area contributed by atoms with Crippen LogP contribution in [0.3, 0.4) is 0 Å². The predicted octanol–water partition coefficient (Wildman–Crippen LogP) is 5.52. The molecular formula is C25H23BrClN5O3. The van der Waals surface area contributed by atoms with Crippen LogP contribution in [0.5, 0.6) is 11.8 Å². The summed E-state index contributed by atoms with van der Waals surface area (Å²) in [6.07, 6.45) is 1.73. The molecule has 8 nitrogen and oxygen atoms in total. The Bertz CT molecular complexity index is 1440. The number of pyridine rings is 1. The van der Waals surface area contributed by atoms with E-state index in [1.54, 1.807) is 38.4 Å². The summed E-state index contributed by atoms with van der Waals surface area (Å²) in [5, 5.41) is 0.403. The van der Waals surface area contributed by atoms with Crippen LogP contribution in [-0.4, -0.2) is 31.6 Å². The lowest BCUT2D eigenvalue weighted by Gasteiger charge is -2.15. The van der Waals surface area contributed by atoms with Crippen molar-refractivity contribution in [1.82, 2.24) is 24.5 Å². The van der Waals surface area contributed by atoms with Crippen molar-refractivity contribution in [2.75, 3.05) is 7.11 Å². The van der Waals surface area contributed by atoms with Gasteiger partial charge in [0.05, 0.1) is 29.2 Å². The van der Waals surface area contributed by atoms with Crippen LogP contribution in [0, 0.1) is 6.92 Å². The zero-order valence-corrected chi connectivity index (χ0v) is 22.0. The Kier molecular flexibility index (Phi) is 7.47. The lowest BCUT2D eigenvalue weighted by molar-refractivity contribution is 0.282. The molecule has 1 aromatic carbocycles. The number of nitrogens with zero attached hydrogens (tertiary/aromatic N) is 5. The minimum absolute atomic E-state index is 0.119. The van der Waals surface area contributed by atoms with Gasteiger partial charge in [0, 0.05) is 23.7 Å². The third-order valence-electron chi connectivity index (χ3n) is 5.19. The molecule has 0 radical (unpaired) electrons. The lowest BCUT2D eigenvalue weighted by Crippen LogP contribution is -2.24. The molecule has 0 N–H and O–H groups in total. The summed E-state index contributed by atoms with van der Waals surface area (Å²) in [5.74, 6) is 1.98. The quantitative estimate of drug-likeness (QED) is 0.296. The molecule has 10 heteroatoms. The molecule has 0 unspecified atom stereocenters. The fraction of sp³-hybridized carbons (Fsp3) is 0.240. The van der Waals surface area contributed by atoms with Gasteiger partial charge in [-0.2, -0.15) is 4.98 Å². The van der Waals surface area contributed by atoms with Gasteiger partial charge in [-0.05, 0) is 47.1 Å². The molecule has 0 spiro atoms. The number of halogens is 2. The molecule has 3 heterocycles. The van der Waals surface area contributed by atoms with Gasteiger partial charge in [0.2, 0.25) is 11.8 Å². The van der Waals surface area contributed by atoms with Crippen LogP contribution in [0.2, 0.25) is 5.02 Å². The van der Waals surface area contributed by atoms with E-state index in [1.807, 2.05) is 38.1 Å². The Morgan fingerprint density at radius 2 is 1.91 bits per heavy atom. The van der Waals surface area contributed by atoms with Crippen molar-refractivity contribution in [3.63, 3.8) is 0 Å². The highest BCUT2D eigenvalue weighted by Gasteiger charge is 2.18. The van der Waals surface area contributed by atoms with Gasteiger partial charge < -0.3 is 9.47 Å². The van der Waals surface area contributed by atoms with E-state index in [1.165, 1.54) is 4.57 Å². The van der Waals surface area contributed by atoms with Gasteiger partial charge >= 0.3 is 0 Å². The molecule has 0 aliphatic rings. The Morgan fingerprint density at radius 1 is 1.11 bits per heavy atom. The largest absolute Gasteiger partial charge is 0.481 e. The van der Waals surface area contributed by atoms with Crippen molar-refractivity contribution in [3.05, 3.63) is 85.9 Å². The van der Waals surface area contributed by atoms with Gasteiger partial charge in [-0.3, -0.25) is 9.36 Å². The molecule has 0 saturated carbocycles. The summed E-state index contributed by atoms with van der Waals surface area (Å²) in [7, 11) is 1.54. The van der Waals surface area contributed by atoms with Crippen molar-refractivity contribution < 1.29 is 9.47 Å². The second-order valence-corrected chi connectivity index (χ2v) is 9.20. The van der Waals surface area contributed by atoms with Crippen molar-refractivity contribution >= 4 is 27.5 Å². The average Bonchev–Trinajstić information content (AvgIpc) is 2.86. The van der Waals surface area contributed by atoms with Crippen LogP contribution in [0.15, 0.2) is 57.9 Å². The van der Waals surface area contributed by atoms with E-state index in [0.29, 0.717) is 28.1 Å². The summed E-state index contributed by atoms with van der Waals surface area (Å²) < 4.78 is 12.6. The molecule has 3 aromatic heterocycles. The summed E-state index contributed by atoms with van der Waals surface area (Å²) >= 11 is 9.87. The molecular weight excluding hydrogens is 534 g/mol. The Morgan fingerprint density at radius 3 is 2.66 bits per heavy atom. The third kappa shape index (κ3) is 5.36. The van der Waals surface area contributed by atoms with Gasteiger partial charge in [-0.1, -0.05) is 37.6 Å². The maximum atomic E-state index is 13.3. The first-order valence-corrected chi connectivity index (χ1v) is 12.0. The molecule has 4 aromatic rings. The summed E-state index contributed by atoms with van der Waals surface area (Å²) in [6.45, 7) is 5.90. The van der Waals surface area contributed by atoms with Crippen LogP contribution in [0.4, 0.5) is 0 Å². The molecule has 35 heavy (non-hydrogen) atoms. The Balaban J connectivity index is 1.70. The lowest BCUT2D eigenvalue weighted by atomic mass is 10.1. The van der Waals surface area contributed by atoms with Crippen LogP contribution >= 0.6 is 27.5 Å². The van der Waals surface area contributed by atoms with Gasteiger partial charge in [-0.15, -0.1) is 0 Å². The van der Waals surface area contributed by atoms with E-state index in [2.05, 4.69) is 35.9 Å². The molecule has 180 valence electrons. The number of methoxy groups -OCH3 is 1. The van der Waals surface area contributed by atoms with Gasteiger partial charge in [0.15, 0.2) is 0 Å². The highest BCUT2D eigenvalue weighted by molar-refractivity contribution is 9.10. The second-order valence-electron chi connectivity index (χ2n) is 8.00. The molecule has 0 amide bonds. The van der Waals surface area contributed by atoms with Crippen molar-refractivity contribution in [2.45, 2.75) is 33.3 Å². The van der Waals surface area contributed by atoms with E-state index < -0.39 is 0 Å². The fourth-order valence-corrected chi connectivity index (χ4v) is 3.99. The highest BCUT2D eigenvalue weighted by atomic mass is 79.9. The molecule has 0 aliphatic heterocycles. The summed E-state index contributed by atoms with van der Waals surface area (Å²) in [4.78, 5) is 31.1. The molecule has 0 atom stereocenters. The number of hydrogen-bond donors (Lipinski definition) is 0. The Labute approximate surface area is 216 Å². The third-order valence-corrected chi connectivity index (χ3v) is 6.18. The summed E-state index contributed by atoms with van der Waals surface area (Å²) in [6, 6.07) is 12.6. The topological polar surface area (TPSA) is 92.0 Å². The van der Waals surface area contributed by atoms with Crippen molar-refractivity contribution in [3.8, 4) is 28.7 Å². The standard InChI is InChI=1S/C25H23BrClN5O3/c1-14(2)23-28-11-10-19(31-23)16-8-9-18(27)20(12-16)32-15(3)29-24(22(26)25(32)33)35-13-17-6-5-7-21(30-17)34-4/h5-12,14H,13H2,1-4H3. The maximum Gasteiger partial charge on any atom is 0.276 e. The van der Waals surface area contributed by atoms with Gasteiger partial charge in [-0.25, -0.2) is 15.0 Å². The van der Waals surface area contributed by atoms with Crippen molar-refractivity contribution in [2.24, 2.45) is 0 Å². The number of aryl methyl sites for hydroxylation is 1. The van der Waals surface area contributed by atoms with Gasteiger partial charge in [0.25, 0.3) is 5.56 Å². The molecule has 0 aliphatic carbocycles. The highest BCUT2D eigenvalue weighted by Crippen LogP contribution is 2.29. The number of ether oxygens (including phenoxy) is 2. The van der Waals surface area contributed by atoms with E-state index in [-0.39, 0.29) is 28.4 Å². The Hall–Kier alpha value is -3.30. The van der Waals surface area contributed by atoms with Crippen LogP contribution in [0.1, 0.15) is 37.1 Å². The van der Waals surface area contributed by atoms with E-state index in [9.17, 15) is 4.79 Å². The minimum Gasteiger partial charge on any atom is -0.481 e. The second kappa shape index (κ2) is 10.5. The molecule has 4 rings (SSSR count). The van der Waals surface area contributed by atoms with E-state index in [4.69, 9.17) is 21.1 Å². The first-order chi connectivity index (χ1) is 16.8. The zero-order valence-electron chi connectivity index (χ0n) is 19.6. The number of benzene rings is 1. The molecule has 0 fully saturated rings. The SMILES string of the molecule is COc1cccc(COc2nc(C)n(-c3cc(-c4ccnc(C(C)C)n4)ccc3Cl)c(=O)c2Br)n1. The molecule has 0 saturated heterocycles. The smallest absolute Gasteiger partial charge is 0.276 e. The van der Waals surface area contributed by atoms with E-state index in [0.717, 1.165) is 17.1 Å². The number of aromatic nitrogens is 5. The molecule has 0 bridgehead atoms. The average molecular weight is 557 g/mol. The van der Waals surface area contributed by atoms with Crippen LogP contribution in [-0.2, 0) is 6.61 Å². The fourth-order valence-electron chi connectivity index (χ4n) is 3.41. The van der Waals surface area contributed by atoms with Crippen LogP contribution < -0.4 is 15.0 Å². The number of rotatable bonds is 7. The van der Waals surface area contributed by atoms with E-state index >= 15 is 0 Å². The van der Waals surface area contributed by atoms with Crippen LogP contribution in [0.25, 0.3) is 16.9 Å².